The Morgan fingerprint density at radius 1 is 1.13 bits per heavy atom. The van der Waals surface area contributed by atoms with Gasteiger partial charge in [0.1, 0.15) is 0 Å². The van der Waals surface area contributed by atoms with Gasteiger partial charge in [-0.1, -0.05) is 6.07 Å². The topological polar surface area (TPSA) is 52.0 Å². The Kier molecular flexibility index (Phi) is 4.17. The molecule has 0 aliphatic rings. The maximum atomic E-state index is 12.9. The zero-order valence-electron chi connectivity index (χ0n) is 8.71. The van der Waals surface area contributed by atoms with Crippen molar-refractivity contribution in [3.05, 3.63) is 35.4 Å². The molecule has 1 aromatic carbocycles. The fourth-order valence-corrected chi connectivity index (χ4v) is 1.35. The van der Waals surface area contributed by atoms with E-state index < -0.39 is 11.6 Å². The van der Waals surface area contributed by atoms with E-state index in [9.17, 15) is 8.78 Å². The number of rotatable bonds is 4. The fourth-order valence-electron chi connectivity index (χ4n) is 1.35. The van der Waals surface area contributed by atoms with Crippen molar-refractivity contribution in [2.45, 2.75) is 31.8 Å². The monoisotopic (exact) mass is 214 g/mol. The highest BCUT2D eigenvalue weighted by molar-refractivity contribution is 5.20. The molecular weight excluding hydrogens is 198 g/mol. The van der Waals surface area contributed by atoms with Gasteiger partial charge in [-0.25, -0.2) is 8.78 Å². The van der Waals surface area contributed by atoms with Gasteiger partial charge in [0.25, 0.3) is 0 Å². The van der Waals surface area contributed by atoms with Crippen LogP contribution in [-0.2, 0) is 0 Å². The molecule has 0 saturated heterocycles. The molecule has 2 atom stereocenters. The number of halogens is 2. The predicted octanol–water partition coefficient (Wildman–Crippen LogP) is 2.09. The lowest BCUT2D eigenvalue weighted by atomic mass is 10.0. The largest absolute Gasteiger partial charge is 0.328 e. The molecule has 84 valence electrons. The molecule has 0 amide bonds. The summed E-state index contributed by atoms with van der Waals surface area (Å²) < 4.78 is 25.5. The van der Waals surface area contributed by atoms with Crippen molar-refractivity contribution < 1.29 is 8.78 Å². The van der Waals surface area contributed by atoms with Crippen LogP contribution in [0, 0.1) is 11.6 Å². The minimum Gasteiger partial charge on any atom is -0.328 e. The third kappa shape index (κ3) is 3.57. The standard InChI is InChI=1S/C11H16F2N2/c1-7(14)2-5-11(15)8-3-4-9(12)10(13)6-8/h3-4,6-7,11H,2,5,14-15H2,1H3. The van der Waals surface area contributed by atoms with Crippen LogP contribution in [0.2, 0.25) is 0 Å². The molecule has 0 aliphatic carbocycles. The van der Waals surface area contributed by atoms with Gasteiger partial charge in [-0.3, -0.25) is 0 Å². The zero-order valence-corrected chi connectivity index (χ0v) is 8.71. The highest BCUT2D eigenvalue weighted by atomic mass is 19.2. The van der Waals surface area contributed by atoms with Crippen LogP contribution in [0.15, 0.2) is 18.2 Å². The van der Waals surface area contributed by atoms with Gasteiger partial charge in [0, 0.05) is 12.1 Å². The van der Waals surface area contributed by atoms with E-state index in [1.165, 1.54) is 6.07 Å². The summed E-state index contributed by atoms with van der Waals surface area (Å²) in [4.78, 5) is 0. The van der Waals surface area contributed by atoms with E-state index in [2.05, 4.69) is 0 Å². The Labute approximate surface area is 88.3 Å². The van der Waals surface area contributed by atoms with Crippen molar-refractivity contribution in [3.63, 3.8) is 0 Å². The Morgan fingerprint density at radius 2 is 1.80 bits per heavy atom. The third-order valence-corrected chi connectivity index (χ3v) is 2.30. The van der Waals surface area contributed by atoms with Crippen LogP contribution in [0.1, 0.15) is 31.4 Å². The molecule has 2 unspecified atom stereocenters. The van der Waals surface area contributed by atoms with Gasteiger partial charge in [0.05, 0.1) is 0 Å². The molecule has 0 aromatic heterocycles. The third-order valence-electron chi connectivity index (χ3n) is 2.30. The van der Waals surface area contributed by atoms with Crippen molar-refractivity contribution >= 4 is 0 Å². The molecule has 4 heteroatoms. The van der Waals surface area contributed by atoms with Gasteiger partial charge in [0.2, 0.25) is 0 Å². The van der Waals surface area contributed by atoms with E-state index in [0.29, 0.717) is 12.0 Å². The van der Waals surface area contributed by atoms with Crippen LogP contribution in [0.3, 0.4) is 0 Å². The van der Waals surface area contributed by atoms with E-state index in [4.69, 9.17) is 11.5 Å². The number of hydrogen-bond acceptors (Lipinski definition) is 2. The summed E-state index contributed by atoms with van der Waals surface area (Å²) in [5.41, 5.74) is 12.0. The summed E-state index contributed by atoms with van der Waals surface area (Å²) in [7, 11) is 0. The van der Waals surface area contributed by atoms with Crippen LogP contribution < -0.4 is 11.5 Å². The number of nitrogens with two attached hydrogens (primary N) is 2. The van der Waals surface area contributed by atoms with E-state index in [1.807, 2.05) is 6.92 Å². The van der Waals surface area contributed by atoms with Gasteiger partial charge >= 0.3 is 0 Å². The highest BCUT2D eigenvalue weighted by Gasteiger charge is 2.10. The smallest absolute Gasteiger partial charge is 0.159 e. The Bertz CT molecular complexity index is 326. The molecule has 0 fully saturated rings. The Morgan fingerprint density at radius 3 is 2.33 bits per heavy atom. The highest BCUT2D eigenvalue weighted by Crippen LogP contribution is 2.18. The van der Waals surface area contributed by atoms with E-state index in [1.54, 1.807) is 0 Å². The normalized spacial score (nSPS) is 15.0. The van der Waals surface area contributed by atoms with Crippen LogP contribution in [-0.4, -0.2) is 6.04 Å². The maximum Gasteiger partial charge on any atom is 0.159 e. The van der Waals surface area contributed by atoms with Crippen molar-refractivity contribution in [1.29, 1.82) is 0 Å². The fraction of sp³-hybridized carbons (Fsp3) is 0.455. The van der Waals surface area contributed by atoms with Gasteiger partial charge in [-0.05, 0) is 37.5 Å². The lowest BCUT2D eigenvalue weighted by Gasteiger charge is -2.13. The summed E-state index contributed by atoms with van der Waals surface area (Å²) in [6.45, 7) is 1.89. The first-order valence-corrected chi connectivity index (χ1v) is 4.97. The van der Waals surface area contributed by atoms with Crippen LogP contribution in [0.5, 0.6) is 0 Å². The second-order valence-electron chi connectivity index (χ2n) is 3.83. The van der Waals surface area contributed by atoms with Gasteiger partial charge < -0.3 is 11.5 Å². The molecule has 0 radical (unpaired) electrons. The molecule has 0 heterocycles. The van der Waals surface area contributed by atoms with Crippen LogP contribution in [0.4, 0.5) is 8.78 Å². The molecule has 0 aliphatic heterocycles. The molecule has 0 bridgehead atoms. The molecule has 1 rings (SSSR count). The molecule has 1 aromatic rings. The van der Waals surface area contributed by atoms with Crippen molar-refractivity contribution in [2.75, 3.05) is 0 Å². The molecule has 4 N–H and O–H groups in total. The Balaban J connectivity index is 2.65. The van der Waals surface area contributed by atoms with Gasteiger partial charge in [-0.2, -0.15) is 0 Å². The van der Waals surface area contributed by atoms with Crippen LogP contribution >= 0.6 is 0 Å². The first-order chi connectivity index (χ1) is 7.00. The molecule has 0 saturated carbocycles. The molecule has 0 spiro atoms. The SMILES string of the molecule is CC(N)CCC(N)c1ccc(F)c(F)c1. The molecule has 2 nitrogen and oxygen atoms in total. The van der Waals surface area contributed by atoms with Crippen molar-refractivity contribution in [3.8, 4) is 0 Å². The maximum absolute atomic E-state index is 12.9. The van der Waals surface area contributed by atoms with Gasteiger partial charge in [-0.15, -0.1) is 0 Å². The first-order valence-electron chi connectivity index (χ1n) is 4.97. The quantitative estimate of drug-likeness (QED) is 0.806. The average Bonchev–Trinajstić information content (AvgIpc) is 2.18. The van der Waals surface area contributed by atoms with Crippen molar-refractivity contribution in [1.82, 2.24) is 0 Å². The predicted molar refractivity (Wildman–Crippen MR) is 56.2 cm³/mol. The number of hydrogen-bond donors (Lipinski definition) is 2. The van der Waals surface area contributed by atoms with Gasteiger partial charge in [0.15, 0.2) is 11.6 Å². The van der Waals surface area contributed by atoms with Crippen molar-refractivity contribution in [2.24, 2.45) is 11.5 Å². The Hall–Kier alpha value is -1.00. The summed E-state index contributed by atoms with van der Waals surface area (Å²) in [5.74, 6) is -1.71. The average molecular weight is 214 g/mol. The summed E-state index contributed by atoms with van der Waals surface area (Å²) >= 11 is 0. The molecule has 15 heavy (non-hydrogen) atoms. The van der Waals surface area contributed by atoms with E-state index in [0.717, 1.165) is 18.6 Å². The summed E-state index contributed by atoms with van der Waals surface area (Å²) in [6, 6.07) is 3.52. The summed E-state index contributed by atoms with van der Waals surface area (Å²) in [5, 5.41) is 0. The van der Waals surface area contributed by atoms with Crippen LogP contribution in [0.25, 0.3) is 0 Å². The minimum atomic E-state index is -0.858. The second kappa shape index (κ2) is 5.19. The molecular formula is C11H16F2N2. The van der Waals surface area contributed by atoms with E-state index in [-0.39, 0.29) is 12.1 Å². The lowest BCUT2D eigenvalue weighted by Crippen LogP contribution is -2.19. The zero-order chi connectivity index (χ0) is 11.4. The lowest BCUT2D eigenvalue weighted by molar-refractivity contribution is 0.501. The first kappa shape index (κ1) is 12.1. The second-order valence-corrected chi connectivity index (χ2v) is 3.83. The van der Waals surface area contributed by atoms with E-state index >= 15 is 0 Å². The summed E-state index contributed by atoms with van der Waals surface area (Å²) in [6.07, 6.45) is 1.43. The minimum absolute atomic E-state index is 0.0707. The number of benzene rings is 1.